The second-order valence-electron chi connectivity index (χ2n) is 7.47. The van der Waals surface area contributed by atoms with Crippen LogP contribution in [0.1, 0.15) is 28.8 Å². The molecule has 1 amide bonds. The van der Waals surface area contributed by atoms with E-state index >= 15 is 0 Å². The summed E-state index contributed by atoms with van der Waals surface area (Å²) in [4.78, 5) is 18.3. The number of hydrogen-bond donors (Lipinski definition) is 1. The van der Waals surface area contributed by atoms with Crippen LogP contribution < -0.4 is 10.2 Å². The maximum absolute atomic E-state index is 13.6. The van der Waals surface area contributed by atoms with Crippen LogP contribution in [-0.4, -0.2) is 42.7 Å². The Morgan fingerprint density at radius 2 is 1.84 bits per heavy atom. The van der Waals surface area contributed by atoms with Crippen LogP contribution in [0.2, 0.25) is 0 Å². The number of pyridine rings is 1. The zero-order chi connectivity index (χ0) is 22.4. The Kier molecular flexibility index (Phi) is 5.61. The third-order valence-electron chi connectivity index (χ3n) is 5.46. The van der Waals surface area contributed by atoms with Crippen molar-refractivity contribution < 1.29 is 31.5 Å². The normalized spacial score (nSPS) is 22.8. The molecule has 2 aromatic rings. The lowest BCUT2D eigenvalue weighted by Crippen LogP contribution is -2.52. The number of amides is 1. The SMILES string of the molecule is O=C(Nc1c(I)ccnc1N1CCC(F)(F)C1)c1ccc(C2(C(F)(F)F)CCO2)cc1. The molecular weight excluding hydrogens is 536 g/mol. The molecule has 0 saturated carbocycles. The highest BCUT2D eigenvalue weighted by Crippen LogP contribution is 2.50. The van der Waals surface area contributed by atoms with Gasteiger partial charge in [0.1, 0.15) is 0 Å². The largest absolute Gasteiger partial charge is 0.421 e. The van der Waals surface area contributed by atoms with Crippen LogP contribution in [-0.2, 0) is 10.3 Å². The number of carbonyl (C=O) groups is 1. The topological polar surface area (TPSA) is 54.5 Å². The molecule has 2 fully saturated rings. The standard InChI is InChI=1S/C20H17F5IN3O2/c21-18(22)6-9-29(11-18)16-15(14(26)5-8-27-16)28-17(30)12-1-3-13(4-2-12)19(7-10-31-19)20(23,24)25/h1-5,8H,6-7,9-11H2,(H,28,30). The molecule has 1 aromatic carbocycles. The van der Waals surface area contributed by atoms with Crippen molar-refractivity contribution in [3.05, 3.63) is 51.2 Å². The van der Waals surface area contributed by atoms with Gasteiger partial charge in [0.25, 0.3) is 11.8 Å². The highest BCUT2D eigenvalue weighted by Gasteiger charge is 2.61. The lowest BCUT2D eigenvalue weighted by Gasteiger charge is -2.43. The van der Waals surface area contributed by atoms with Crippen LogP contribution >= 0.6 is 22.6 Å². The Morgan fingerprint density at radius 1 is 1.16 bits per heavy atom. The molecular formula is C20H17F5IN3O2. The Labute approximate surface area is 188 Å². The summed E-state index contributed by atoms with van der Waals surface area (Å²) in [5.41, 5.74) is -2.00. The van der Waals surface area contributed by atoms with E-state index in [-0.39, 0.29) is 48.6 Å². The molecule has 0 radical (unpaired) electrons. The Balaban J connectivity index is 1.56. The number of carbonyl (C=O) groups excluding carboxylic acids is 1. The number of hydrogen-bond acceptors (Lipinski definition) is 4. The van der Waals surface area contributed by atoms with Gasteiger partial charge >= 0.3 is 6.18 Å². The molecule has 31 heavy (non-hydrogen) atoms. The maximum atomic E-state index is 13.6. The van der Waals surface area contributed by atoms with Crippen LogP contribution in [0.5, 0.6) is 0 Å². The number of nitrogens with one attached hydrogen (secondary N) is 1. The molecule has 2 aliphatic heterocycles. The first-order valence-corrected chi connectivity index (χ1v) is 10.5. The van der Waals surface area contributed by atoms with Gasteiger partial charge in [0.2, 0.25) is 0 Å². The molecule has 1 atom stereocenters. The number of benzene rings is 1. The summed E-state index contributed by atoms with van der Waals surface area (Å²) in [7, 11) is 0. The molecule has 1 N–H and O–H groups in total. The summed E-state index contributed by atoms with van der Waals surface area (Å²) >= 11 is 1.96. The summed E-state index contributed by atoms with van der Waals surface area (Å²) in [6.45, 7) is -0.395. The van der Waals surface area contributed by atoms with E-state index in [0.717, 1.165) is 0 Å². The predicted octanol–water partition coefficient (Wildman–Crippen LogP) is 4.96. The monoisotopic (exact) mass is 553 g/mol. The zero-order valence-electron chi connectivity index (χ0n) is 16.0. The van der Waals surface area contributed by atoms with E-state index in [1.165, 1.54) is 35.4 Å². The van der Waals surface area contributed by atoms with Crippen LogP contribution in [0.15, 0.2) is 36.5 Å². The highest BCUT2D eigenvalue weighted by atomic mass is 127. The minimum atomic E-state index is -4.56. The number of anilines is 2. The van der Waals surface area contributed by atoms with Crippen LogP contribution in [0.25, 0.3) is 0 Å². The summed E-state index contributed by atoms with van der Waals surface area (Å²) < 4.78 is 73.0. The van der Waals surface area contributed by atoms with E-state index in [0.29, 0.717) is 3.57 Å². The molecule has 4 rings (SSSR count). The number of ether oxygens (including phenoxy) is 1. The van der Waals surface area contributed by atoms with Gasteiger partial charge in [-0.2, -0.15) is 13.2 Å². The summed E-state index contributed by atoms with van der Waals surface area (Å²) in [5, 5.41) is 2.67. The maximum Gasteiger partial charge on any atom is 0.421 e. The van der Waals surface area contributed by atoms with Crippen molar-refractivity contribution in [2.75, 3.05) is 29.9 Å². The predicted molar refractivity (Wildman–Crippen MR) is 111 cm³/mol. The highest BCUT2D eigenvalue weighted by molar-refractivity contribution is 14.1. The molecule has 3 heterocycles. The summed E-state index contributed by atoms with van der Waals surface area (Å²) in [5.74, 6) is -3.19. The average Bonchev–Trinajstić information content (AvgIpc) is 3.01. The van der Waals surface area contributed by atoms with E-state index in [2.05, 4.69) is 10.3 Å². The number of nitrogens with zero attached hydrogens (tertiary/aromatic N) is 2. The number of aromatic nitrogens is 1. The first-order valence-electron chi connectivity index (χ1n) is 9.42. The smallest absolute Gasteiger partial charge is 0.361 e. The van der Waals surface area contributed by atoms with Gasteiger partial charge in [-0.25, -0.2) is 13.8 Å². The molecule has 166 valence electrons. The molecule has 5 nitrogen and oxygen atoms in total. The minimum Gasteiger partial charge on any atom is -0.361 e. The minimum absolute atomic E-state index is 0.0134. The van der Waals surface area contributed by atoms with Crippen molar-refractivity contribution in [1.82, 2.24) is 4.98 Å². The summed E-state index contributed by atoms with van der Waals surface area (Å²) in [6.07, 6.45) is -3.58. The second kappa shape index (κ2) is 7.84. The second-order valence-corrected chi connectivity index (χ2v) is 8.64. The molecule has 2 aliphatic rings. The summed E-state index contributed by atoms with van der Waals surface area (Å²) in [6, 6.07) is 6.63. The van der Waals surface area contributed by atoms with Gasteiger partial charge in [-0.05, 0) is 46.4 Å². The Hall–Kier alpha value is -2.02. The first-order chi connectivity index (χ1) is 14.5. The Morgan fingerprint density at radius 3 is 2.35 bits per heavy atom. The van der Waals surface area contributed by atoms with E-state index in [1.807, 2.05) is 22.6 Å². The van der Waals surface area contributed by atoms with Gasteiger partial charge in [-0.3, -0.25) is 4.79 Å². The quantitative estimate of drug-likeness (QED) is 0.430. The fourth-order valence-electron chi connectivity index (χ4n) is 3.70. The zero-order valence-corrected chi connectivity index (χ0v) is 18.1. The van der Waals surface area contributed by atoms with Crippen LogP contribution in [0.3, 0.4) is 0 Å². The fraction of sp³-hybridized carbons (Fsp3) is 0.400. The van der Waals surface area contributed by atoms with Crippen molar-refractivity contribution in [3.8, 4) is 0 Å². The lowest BCUT2D eigenvalue weighted by molar-refractivity contribution is -0.333. The van der Waals surface area contributed by atoms with Crippen LogP contribution in [0.4, 0.5) is 33.5 Å². The average molecular weight is 553 g/mol. The van der Waals surface area contributed by atoms with Crippen molar-refractivity contribution in [2.45, 2.75) is 30.5 Å². The van der Waals surface area contributed by atoms with E-state index in [4.69, 9.17) is 4.74 Å². The molecule has 0 aliphatic carbocycles. The fourth-order valence-corrected chi connectivity index (χ4v) is 4.23. The van der Waals surface area contributed by atoms with Gasteiger partial charge in [-0.1, -0.05) is 12.1 Å². The number of rotatable bonds is 4. The molecule has 1 aromatic heterocycles. The molecule has 0 spiro atoms. The van der Waals surface area contributed by atoms with Crippen molar-refractivity contribution in [1.29, 1.82) is 0 Å². The molecule has 2 saturated heterocycles. The van der Waals surface area contributed by atoms with Gasteiger partial charge in [0.05, 0.1) is 18.8 Å². The van der Waals surface area contributed by atoms with Gasteiger partial charge in [-0.15, -0.1) is 0 Å². The van der Waals surface area contributed by atoms with Gasteiger partial charge in [0, 0.05) is 34.7 Å². The van der Waals surface area contributed by atoms with E-state index in [9.17, 15) is 26.7 Å². The third kappa shape index (κ3) is 4.09. The molecule has 11 heteroatoms. The number of halogens is 6. The molecule has 0 bridgehead atoms. The Bertz CT molecular complexity index is 993. The van der Waals surface area contributed by atoms with E-state index in [1.54, 1.807) is 6.07 Å². The van der Waals surface area contributed by atoms with Gasteiger partial charge < -0.3 is 15.0 Å². The van der Waals surface area contributed by atoms with Gasteiger partial charge in [0.15, 0.2) is 11.4 Å². The van der Waals surface area contributed by atoms with Crippen molar-refractivity contribution in [2.24, 2.45) is 0 Å². The third-order valence-corrected chi connectivity index (χ3v) is 6.36. The van der Waals surface area contributed by atoms with Crippen molar-refractivity contribution in [3.63, 3.8) is 0 Å². The van der Waals surface area contributed by atoms with E-state index < -0.39 is 30.2 Å². The molecule has 1 unspecified atom stereocenters. The lowest BCUT2D eigenvalue weighted by atomic mass is 9.85. The van der Waals surface area contributed by atoms with Crippen LogP contribution in [0, 0.1) is 3.57 Å². The first kappa shape index (κ1) is 22.2. The van der Waals surface area contributed by atoms with Crippen molar-refractivity contribution >= 4 is 40.0 Å². The number of alkyl halides is 5.